The summed E-state index contributed by atoms with van der Waals surface area (Å²) in [5.74, 6) is 0. The Morgan fingerprint density at radius 3 is 2.79 bits per heavy atom. The highest BCUT2D eigenvalue weighted by molar-refractivity contribution is 5.68. The Kier molecular flexibility index (Phi) is 4.27. The number of rotatable bonds is 3. The van der Waals surface area contributed by atoms with E-state index >= 15 is 0 Å². The molecule has 1 N–H and O–H groups in total. The van der Waals surface area contributed by atoms with Gasteiger partial charge in [-0.3, -0.25) is 5.32 Å². The molecule has 0 unspecified atom stereocenters. The standard InChI is InChI=1S/C11H13NO2/c1-2-8-12-11(13)14-9-10-6-4-3-5-7-10/h2-8H,9H2,1H3,(H,12,13). The van der Waals surface area contributed by atoms with Gasteiger partial charge >= 0.3 is 6.09 Å². The van der Waals surface area contributed by atoms with E-state index in [1.165, 1.54) is 6.20 Å². The lowest BCUT2D eigenvalue weighted by Gasteiger charge is -2.03. The molecule has 74 valence electrons. The van der Waals surface area contributed by atoms with Gasteiger partial charge in [-0.1, -0.05) is 36.4 Å². The second kappa shape index (κ2) is 5.80. The molecule has 0 atom stereocenters. The van der Waals surface area contributed by atoms with E-state index in [1.807, 2.05) is 37.3 Å². The van der Waals surface area contributed by atoms with E-state index in [0.717, 1.165) is 5.56 Å². The zero-order valence-electron chi connectivity index (χ0n) is 8.07. The molecular formula is C11H13NO2. The molecule has 0 heterocycles. The van der Waals surface area contributed by atoms with Crippen LogP contribution in [0.25, 0.3) is 0 Å². The van der Waals surface area contributed by atoms with E-state index in [1.54, 1.807) is 6.08 Å². The number of benzene rings is 1. The van der Waals surface area contributed by atoms with Crippen LogP contribution < -0.4 is 5.32 Å². The maximum Gasteiger partial charge on any atom is 0.411 e. The van der Waals surface area contributed by atoms with Crippen LogP contribution in [-0.4, -0.2) is 6.09 Å². The average Bonchev–Trinajstić information content (AvgIpc) is 2.25. The molecule has 3 nitrogen and oxygen atoms in total. The molecule has 0 fully saturated rings. The van der Waals surface area contributed by atoms with Gasteiger partial charge in [0, 0.05) is 6.20 Å². The van der Waals surface area contributed by atoms with Crippen LogP contribution in [0.3, 0.4) is 0 Å². The zero-order valence-corrected chi connectivity index (χ0v) is 8.07. The van der Waals surface area contributed by atoms with Gasteiger partial charge < -0.3 is 4.74 Å². The van der Waals surface area contributed by atoms with Crippen molar-refractivity contribution in [3.63, 3.8) is 0 Å². The Balaban J connectivity index is 2.31. The normalized spacial score (nSPS) is 10.1. The molecule has 0 bridgehead atoms. The lowest BCUT2D eigenvalue weighted by atomic mass is 10.2. The van der Waals surface area contributed by atoms with Crippen LogP contribution in [0.4, 0.5) is 4.79 Å². The highest BCUT2D eigenvalue weighted by atomic mass is 16.5. The van der Waals surface area contributed by atoms with E-state index in [0.29, 0.717) is 6.61 Å². The summed E-state index contributed by atoms with van der Waals surface area (Å²) >= 11 is 0. The number of hydrogen-bond acceptors (Lipinski definition) is 2. The monoisotopic (exact) mass is 191 g/mol. The van der Waals surface area contributed by atoms with Gasteiger partial charge in [-0.2, -0.15) is 0 Å². The summed E-state index contributed by atoms with van der Waals surface area (Å²) in [4.78, 5) is 11.0. The van der Waals surface area contributed by atoms with Crippen LogP contribution in [0.2, 0.25) is 0 Å². The maximum absolute atomic E-state index is 11.0. The largest absolute Gasteiger partial charge is 0.444 e. The van der Waals surface area contributed by atoms with Crippen LogP contribution in [0.15, 0.2) is 42.6 Å². The molecule has 0 aliphatic carbocycles. The summed E-state index contributed by atoms with van der Waals surface area (Å²) in [6, 6.07) is 9.54. The first-order chi connectivity index (χ1) is 6.83. The minimum absolute atomic E-state index is 0.296. The summed E-state index contributed by atoms with van der Waals surface area (Å²) in [5, 5.41) is 2.46. The molecule has 0 aromatic heterocycles. The molecule has 3 heteroatoms. The quantitative estimate of drug-likeness (QED) is 0.796. The number of carbonyl (C=O) groups excluding carboxylic acids is 1. The van der Waals surface area contributed by atoms with Gasteiger partial charge in [-0.05, 0) is 12.5 Å². The van der Waals surface area contributed by atoms with Crippen molar-refractivity contribution in [2.45, 2.75) is 13.5 Å². The Morgan fingerprint density at radius 1 is 1.43 bits per heavy atom. The second-order valence-corrected chi connectivity index (χ2v) is 2.71. The molecule has 1 amide bonds. The predicted octanol–water partition coefficient (Wildman–Crippen LogP) is 2.45. The fraction of sp³-hybridized carbons (Fsp3) is 0.182. The molecule has 1 aromatic carbocycles. The number of carbonyl (C=O) groups is 1. The van der Waals surface area contributed by atoms with Crippen molar-refractivity contribution in [1.29, 1.82) is 0 Å². The molecule has 0 aliphatic heterocycles. The van der Waals surface area contributed by atoms with Gasteiger partial charge in [-0.25, -0.2) is 4.79 Å². The molecule has 0 radical (unpaired) electrons. The minimum Gasteiger partial charge on any atom is -0.444 e. The topological polar surface area (TPSA) is 38.3 Å². The summed E-state index contributed by atoms with van der Waals surface area (Å²) in [6.07, 6.45) is 2.82. The van der Waals surface area contributed by atoms with Gasteiger partial charge in [0.05, 0.1) is 0 Å². The molecule has 14 heavy (non-hydrogen) atoms. The van der Waals surface area contributed by atoms with Crippen molar-refractivity contribution < 1.29 is 9.53 Å². The van der Waals surface area contributed by atoms with Crippen LogP contribution in [0.1, 0.15) is 12.5 Å². The van der Waals surface area contributed by atoms with E-state index in [4.69, 9.17) is 4.74 Å². The van der Waals surface area contributed by atoms with Gasteiger partial charge in [0.2, 0.25) is 0 Å². The third-order valence-corrected chi connectivity index (χ3v) is 1.58. The number of allylic oxidation sites excluding steroid dienone is 1. The zero-order chi connectivity index (χ0) is 10.2. The Bertz CT molecular complexity index is 306. The van der Waals surface area contributed by atoms with Gasteiger partial charge in [0.25, 0.3) is 0 Å². The van der Waals surface area contributed by atoms with Crippen molar-refractivity contribution in [2.75, 3.05) is 0 Å². The van der Waals surface area contributed by atoms with E-state index in [2.05, 4.69) is 5.32 Å². The van der Waals surface area contributed by atoms with Crippen molar-refractivity contribution in [1.82, 2.24) is 5.32 Å². The number of amides is 1. The third kappa shape index (κ3) is 3.76. The molecule has 0 spiro atoms. The van der Waals surface area contributed by atoms with E-state index in [9.17, 15) is 4.79 Å². The summed E-state index contributed by atoms with van der Waals surface area (Å²) in [7, 11) is 0. The van der Waals surface area contributed by atoms with Crippen LogP contribution >= 0.6 is 0 Å². The minimum atomic E-state index is -0.438. The van der Waals surface area contributed by atoms with Crippen LogP contribution in [0.5, 0.6) is 0 Å². The summed E-state index contributed by atoms with van der Waals surface area (Å²) in [6.45, 7) is 2.11. The smallest absolute Gasteiger partial charge is 0.411 e. The highest BCUT2D eigenvalue weighted by Crippen LogP contribution is 2.00. The molecular weight excluding hydrogens is 178 g/mol. The average molecular weight is 191 g/mol. The van der Waals surface area contributed by atoms with Gasteiger partial charge in [-0.15, -0.1) is 0 Å². The first kappa shape index (κ1) is 10.3. The molecule has 0 saturated heterocycles. The SMILES string of the molecule is CC=CNC(=O)OCc1ccccc1. The van der Waals surface area contributed by atoms with Crippen molar-refractivity contribution in [3.8, 4) is 0 Å². The predicted molar refractivity (Wildman–Crippen MR) is 54.6 cm³/mol. The van der Waals surface area contributed by atoms with Gasteiger partial charge in [0.15, 0.2) is 0 Å². The Morgan fingerprint density at radius 2 is 2.14 bits per heavy atom. The number of hydrogen-bond donors (Lipinski definition) is 1. The number of alkyl carbamates (subject to hydrolysis) is 1. The molecule has 0 aliphatic rings. The Hall–Kier alpha value is -1.77. The molecule has 1 rings (SSSR count). The molecule has 0 saturated carbocycles. The fourth-order valence-electron chi connectivity index (χ4n) is 0.916. The van der Waals surface area contributed by atoms with Crippen LogP contribution in [-0.2, 0) is 11.3 Å². The molecule has 1 aromatic rings. The first-order valence-electron chi connectivity index (χ1n) is 4.41. The maximum atomic E-state index is 11.0. The number of nitrogens with one attached hydrogen (secondary N) is 1. The first-order valence-corrected chi connectivity index (χ1v) is 4.41. The summed E-state index contributed by atoms with van der Waals surface area (Å²) < 4.78 is 4.93. The number of ether oxygens (including phenoxy) is 1. The lowest BCUT2D eigenvalue weighted by Crippen LogP contribution is -2.17. The second-order valence-electron chi connectivity index (χ2n) is 2.71. The highest BCUT2D eigenvalue weighted by Gasteiger charge is 1.98. The van der Waals surface area contributed by atoms with E-state index < -0.39 is 6.09 Å². The van der Waals surface area contributed by atoms with Crippen molar-refractivity contribution in [3.05, 3.63) is 48.2 Å². The Labute approximate surface area is 83.4 Å². The van der Waals surface area contributed by atoms with Gasteiger partial charge in [0.1, 0.15) is 6.61 Å². The van der Waals surface area contributed by atoms with Crippen molar-refractivity contribution in [2.24, 2.45) is 0 Å². The third-order valence-electron chi connectivity index (χ3n) is 1.58. The fourth-order valence-corrected chi connectivity index (χ4v) is 0.916. The lowest BCUT2D eigenvalue weighted by molar-refractivity contribution is 0.143. The van der Waals surface area contributed by atoms with E-state index in [-0.39, 0.29) is 0 Å². The van der Waals surface area contributed by atoms with Crippen molar-refractivity contribution >= 4 is 6.09 Å². The summed E-state index contributed by atoms with van der Waals surface area (Å²) in [5.41, 5.74) is 0.975. The van der Waals surface area contributed by atoms with Crippen LogP contribution in [0, 0.1) is 0 Å².